The van der Waals surface area contributed by atoms with Gasteiger partial charge in [-0.15, -0.1) is 0 Å². The van der Waals surface area contributed by atoms with Gasteiger partial charge in [0.2, 0.25) is 0 Å². The summed E-state index contributed by atoms with van der Waals surface area (Å²) < 4.78 is 2.29. The first kappa shape index (κ1) is 20.8. The van der Waals surface area contributed by atoms with E-state index in [9.17, 15) is 0 Å². The molecule has 0 N–H and O–H groups in total. The van der Waals surface area contributed by atoms with Crippen LogP contribution < -0.4 is 4.90 Å². The number of hydrogen-bond acceptors (Lipinski definition) is 1. The summed E-state index contributed by atoms with van der Waals surface area (Å²) in [7, 11) is 2.15. The second-order valence-electron chi connectivity index (χ2n) is 8.30. The maximum absolute atomic E-state index is 2.38. The normalized spacial score (nSPS) is 11.7. The summed E-state index contributed by atoms with van der Waals surface area (Å²) in [6, 6.07) is 38.7. The summed E-state index contributed by atoms with van der Waals surface area (Å²) in [6.45, 7) is 4.34. The molecule has 2 nitrogen and oxygen atoms in total. The Kier molecular flexibility index (Phi) is 5.58. The molecule has 0 aliphatic heterocycles. The number of para-hydroxylation sites is 2. The van der Waals surface area contributed by atoms with E-state index in [1.54, 1.807) is 0 Å². The zero-order chi connectivity index (χ0) is 22.8. The van der Waals surface area contributed by atoms with Crippen molar-refractivity contribution in [3.8, 4) is 11.1 Å². The lowest BCUT2D eigenvalue weighted by molar-refractivity contribution is 0.914. The van der Waals surface area contributed by atoms with Crippen LogP contribution in [0.5, 0.6) is 0 Å². The molecular weight excluding hydrogens is 400 g/mol. The third-order valence-electron chi connectivity index (χ3n) is 6.40. The van der Waals surface area contributed by atoms with Crippen molar-refractivity contribution >= 4 is 28.0 Å². The number of nitrogens with zero attached hydrogens (tertiary/aromatic N) is 2. The Balaban J connectivity index is 1.73. The smallest absolute Gasteiger partial charge is 0.0515 e. The van der Waals surface area contributed by atoms with Gasteiger partial charge in [0.15, 0.2) is 0 Å². The number of aromatic nitrogens is 1. The summed E-state index contributed by atoms with van der Waals surface area (Å²) in [4.78, 5) is 2.38. The lowest BCUT2D eigenvalue weighted by atomic mass is 10.0. The van der Waals surface area contributed by atoms with Gasteiger partial charge in [0.05, 0.1) is 5.70 Å². The number of benzene rings is 4. The number of rotatable bonds is 5. The molecule has 5 aromatic rings. The first-order valence-electron chi connectivity index (χ1n) is 11.4. The van der Waals surface area contributed by atoms with Crippen LogP contribution >= 0.6 is 0 Å². The number of anilines is 2. The van der Waals surface area contributed by atoms with Crippen LogP contribution in [0.2, 0.25) is 0 Å². The van der Waals surface area contributed by atoms with E-state index in [2.05, 4.69) is 146 Å². The van der Waals surface area contributed by atoms with Crippen molar-refractivity contribution in [3.05, 3.63) is 127 Å². The summed E-state index contributed by atoms with van der Waals surface area (Å²) in [5, 5.41) is 1.27. The highest BCUT2D eigenvalue weighted by Gasteiger charge is 2.22. The summed E-state index contributed by atoms with van der Waals surface area (Å²) in [5.41, 5.74) is 9.66. The largest absolute Gasteiger partial charge is 0.347 e. The van der Waals surface area contributed by atoms with Gasteiger partial charge in [-0.05, 0) is 55.3 Å². The number of fused-ring (bicyclic) bond motifs is 1. The van der Waals surface area contributed by atoms with Crippen molar-refractivity contribution in [2.45, 2.75) is 13.8 Å². The van der Waals surface area contributed by atoms with Crippen LogP contribution in [-0.4, -0.2) is 4.57 Å². The van der Waals surface area contributed by atoms with E-state index in [1.807, 2.05) is 0 Å². The number of hydrogen-bond donors (Lipinski definition) is 0. The van der Waals surface area contributed by atoms with Crippen molar-refractivity contribution in [2.24, 2.45) is 7.05 Å². The molecule has 0 radical (unpaired) electrons. The Morgan fingerprint density at radius 3 is 2.03 bits per heavy atom. The average molecular weight is 429 g/mol. The minimum atomic E-state index is 1.14. The van der Waals surface area contributed by atoms with Crippen molar-refractivity contribution in [1.82, 2.24) is 4.57 Å². The van der Waals surface area contributed by atoms with Crippen molar-refractivity contribution in [3.63, 3.8) is 0 Å². The molecular formula is C31H28N2. The fourth-order valence-corrected chi connectivity index (χ4v) is 4.69. The molecule has 0 amide bonds. The minimum absolute atomic E-state index is 1.14. The molecule has 1 aromatic heterocycles. The highest BCUT2D eigenvalue weighted by Crippen LogP contribution is 2.40. The Morgan fingerprint density at radius 1 is 0.697 bits per heavy atom. The first-order valence-corrected chi connectivity index (χ1v) is 11.4. The van der Waals surface area contributed by atoms with Gasteiger partial charge in [0, 0.05) is 40.6 Å². The van der Waals surface area contributed by atoms with Gasteiger partial charge >= 0.3 is 0 Å². The monoisotopic (exact) mass is 428 g/mol. The lowest BCUT2D eigenvalue weighted by Gasteiger charge is -2.29. The quantitative estimate of drug-likeness (QED) is 0.273. The van der Waals surface area contributed by atoms with E-state index in [4.69, 9.17) is 0 Å². The van der Waals surface area contributed by atoms with E-state index in [0.717, 1.165) is 11.4 Å². The second-order valence-corrected chi connectivity index (χ2v) is 8.30. The summed E-state index contributed by atoms with van der Waals surface area (Å²) in [5.74, 6) is 0. The van der Waals surface area contributed by atoms with Gasteiger partial charge in [0.25, 0.3) is 0 Å². The average Bonchev–Trinajstić information content (AvgIpc) is 3.13. The van der Waals surface area contributed by atoms with Gasteiger partial charge in [-0.3, -0.25) is 0 Å². The maximum Gasteiger partial charge on any atom is 0.0515 e. The molecule has 5 rings (SSSR count). The predicted molar refractivity (Wildman–Crippen MR) is 142 cm³/mol. The highest BCUT2D eigenvalue weighted by molar-refractivity contribution is 6.00. The molecule has 4 aromatic carbocycles. The number of aryl methyl sites for hydroxylation is 1. The molecule has 33 heavy (non-hydrogen) atoms. The van der Waals surface area contributed by atoms with Crippen LogP contribution in [0.25, 0.3) is 27.7 Å². The predicted octanol–water partition coefficient (Wildman–Crippen LogP) is 8.35. The van der Waals surface area contributed by atoms with E-state index < -0.39 is 0 Å². The van der Waals surface area contributed by atoms with Gasteiger partial charge in [-0.25, -0.2) is 0 Å². The van der Waals surface area contributed by atoms with Gasteiger partial charge < -0.3 is 9.47 Å². The zero-order valence-corrected chi connectivity index (χ0v) is 19.4. The van der Waals surface area contributed by atoms with Gasteiger partial charge in [0.1, 0.15) is 0 Å². The molecule has 0 saturated heterocycles. The fourth-order valence-electron chi connectivity index (χ4n) is 4.69. The summed E-state index contributed by atoms with van der Waals surface area (Å²) >= 11 is 0. The fraction of sp³-hybridized carbons (Fsp3) is 0.0968. The van der Waals surface area contributed by atoms with E-state index in [1.165, 1.54) is 39.0 Å². The first-order chi connectivity index (χ1) is 16.2. The molecule has 0 aliphatic carbocycles. The Bertz CT molecular complexity index is 1430. The minimum Gasteiger partial charge on any atom is -0.347 e. The summed E-state index contributed by atoms with van der Waals surface area (Å²) in [6.07, 6.45) is 2.23. The van der Waals surface area contributed by atoms with Crippen LogP contribution in [0.15, 0.2) is 115 Å². The van der Waals surface area contributed by atoms with Crippen molar-refractivity contribution in [1.29, 1.82) is 0 Å². The van der Waals surface area contributed by atoms with E-state index in [-0.39, 0.29) is 0 Å². The SMILES string of the molecule is C/C=C(\c1c(C)n(C)c2ccccc12)N(c1ccccc1)c1cccc(-c2ccccc2)c1. The van der Waals surface area contributed by atoms with Crippen LogP contribution in [0.4, 0.5) is 11.4 Å². The zero-order valence-electron chi connectivity index (χ0n) is 19.4. The van der Waals surface area contributed by atoms with Crippen LogP contribution in [0, 0.1) is 6.92 Å². The van der Waals surface area contributed by atoms with Gasteiger partial charge in [-0.2, -0.15) is 0 Å². The Labute approximate surface area is 196 Å². The molecule has 0 bridgehead atoms. The Hall–Kier alpha value is -4.04. The number of allylic oxidation sites excluding steroid dienone is 1. The van der Waals surface area contributed by atoms with Crippen LogP contribution in [0.1, 0.15) is 18.2 Å². The maximum atomic E-state index is 2.38. The molecule has 2 heteroatoms. The van der Waals surface area contributed by atoms with Crippen molar-refractivity contribution < 1.29 is 0 Å². The molecule has 1 heterocycles. The van der Waals surface area contributed by atoms with Crippen LogP contribution in [-0.2, 0) is 7.05 Å². The highest BCUT2D eigenvalue weighted by atomic mass is 15.2. The molecule has 0 saturated carbocycles. The molecule has 0 atom stereocenters. The van der Waals surface area contributed by atoms with Crippen LogP contribution in [0.3, 0.4) is 0 Å². The third kappa shape index (κ3) is 3.74. The molecule has 0 unspecified atom stereocenters. The lowest BCUT2D eigenvalue weighted by Crippen LogP contribution is -2.16. The molecule has 0 fully saturated rings. The van der Waals surface area contributed by atoms with E-state index >= 15 is 0 Å². The molecule has 0 aliphatic rings. The molecule has 162 valence electrons. The Morgan fingerprint density at radius 2 is 1.30 bits per heavy atom. The van der Waals surface area contributed by atoms with Gasteiger partial charge in [-0.1, -0.05) is 84.9 Å². The van der Waals surface area contributed by atoms with E-state index in [0.29, 0.717) is 0 Å². The standard InChI is InChI=1S/C31H28N2/c1-4-29(31-23(2)32(3)30-21-12-11-20-28(30)31)33(26-17-9-6-10-18-26)27-19-13-16-25(22-27)24-14-7-5-8-15-24/h4-22H,1-3H3/b29-4+. The topological polar surface area (TPSA) is 8.17 Å². The second kappa shape index (κ2) is 8.84. The van der Waals surface area contributed by atoms with Crippen molar-refractivity contribution in [2.75, 3.05) is 4.90 Å². The third-order valence-corrected chi connectivity index (χ3v) is 6.40. The molecule has 0 spiro atoms.